The summed E-state index contributed by atoms with van der Waals surface area (Å²) in [6.07, 6.45) is 1.62. The van der Waals surface area contributed by atoms with Gasteiger partial charge >= 0.3 is 0 Å². The van der Waals surface area contributed by atoms with Crippen molar-refractivity contribution in [1.29, 1.82) is 0 Å². The van der Waals surface area contributed by atoms with E-state index in [0.717, 1.165) is 30.1 Å². The van der Waals surface area contributed by atoms with Crippen LogP contribution in [-0.2, 0) is 12.8 Å². The first-order valence-corrected chi connectivity index (χ1v) is 9.66. The van der Waals surface area contributed by atoms with Gasteiger partial charge in [-0.3, -0.25) is 4.57 Å². The number of rotatable bonds is 7. The molecule has 0 saturated carbocycles. The second-order valence-corrected chi connectivity index (χ2v) is 6.68. The van der Waals surface area contributed by atoms with Crippen molar-refractivity contribution >= 4 is 22.9 Å². The molecule has 7 nitrogen and oxygen atoms in total. The van der Waals surface area contributed by atoms with E-state index in [0.29, 0.717) is 29.5 Å². The van der Waals surface area contributed by atoms with Crippen LogP contribution < -0.4 is 15.8 Å². The van der Waals surface area contributed by atoms with Crippen molar-refractivity contribution in [3.8, 4) is 11.4 Å². The average Bonchev–Trinajstić information content (AvgIpc) is 3.14. The van der Waals surface area contributed by atoms with Gasteiger partial charge in [0.05, 0.1) is 7.11 Å². The number of nitrogens with zero attached hydrogens (tertiary/aromatic N) is 4. The Labute approximate surface area is 169 Å². The van der Waals surface area contributed by atoms with Crippen molar-refractivity contribution in [3.63, 3.8) is 0 Å². The average molecular weight is 388 g/mol. The third kappa shape index (κ3) is 3.85. The fourth-order valence-electron chi connectivity index (χ4n) is 3.31. The zero-order chi connectivity index (χ0) is 20.2. The maximum atomic E-state index is 6.21. The summed E-state index contributed by atoms with van der Waals surface area (Å²) in [5.41, 5.74) is 9.74. The molecule has 2 aromatic carbocycles. The van der Waals surface area contributed by atoms with E-state index in [1.165, 1.54) is 5.56 Å². The van der Waals surface area contributed by atoms with Crippen LogP contribution in [0.4, 0.5) is 11.8 Å². The quantitative estimate of drug-likeness (QED) is 0.502. The highest BCUT2D eigenvalue weighted by Gasteiger charge is 2.17. The molecule has 2 aromatic heterocycles. The number of nitrogen functional groups attached to an aromatic ring is 1. The molecule has 0 amide bonds. The number of methoxy groups -OCH3 is 1. The molecule has 0 aliphatic rings. The molecule has 0 saturated heterocycles. The lowest BCUT2D eigenvalue weighted by atomic mass is 10.1. The molecule has 0 unspecified atom stereocenters. The predicted molar refractivity (Wildman–Crippen MR) is 116 cm³/mol. The van der Waals surface area contributed by atoms with Gasteiger partial charge in [0.25, 0.3) is 0 Å². The molecule has 0 atom stereocenters. The normalized spacial score (nSPS) is 11.0. The maximum Gasteiger partial charge on any atom is 0.226 e. The summed E-state index contributed by atoms with van der Waals surface area (Å²) >= 11 is 0. The van der Waals surface area contributed by atoms with E-state index in [2.05, 4.69) is 34.3 Å². The maximum absolute atomic E-state index is 6.21. The molecule has 0 aliphatic heterocycles. The van der Waals surface area contributed by atoms with Crippen LogP contribution in [0.15, 0.2) is 54.6 Å². The molecule has 0 radical (unpaired) electrons. The number of hydrogen-bond donors (Lipinski definition) is 2. The fraction of sp³-hybridized carbons (Fsp3) is 0.227. The summed E-state index contributed by atoms with van der Waals surface area (Å²) in [6.45, 7) is 2.77. The molecule has 29 heavy (non-hydrogen) atoms. The number of anilines is 2. The molecule has 2 heterocycles. The van der Waals surface area contributed by atoms with Crippen LogP contribution in [0, 0.1) is 0 Å². The molecule has 0 fully saturated rings. The Balaban J connectivity index is 1.67. The summed E-state index contributed by atoms with van der Waals surface area (Å²) in [6, 6.07) is 18.1. The highest BCUT2D eigenvalue weighted by molar-refractivity contribution is 5.85. The van der Waals surface area contributed by atoms with Gasteiger partial charge in [-0.05, 0) is 36.2 Å². The van der Waals surface area contributed by atoms with Crippen molar-refractivity contribution in [2.75, 3.05) is 24.7 Å². The summed E-state index contributed by atoms with van der Waals surface area (Å²) in [5, 5.41) is 3.29. The lowest BCUT2D eigenvalue weighted by Gasteiger charge is -2.10. The van der Waals surface area contributed by atoms with Crippen LogP contribution in [0.1, 0.15) is 18.3 Å². The first-order chi connectivity index (χ1) is 14.2. The van der Waals surface area contributed by atoms with E-state index in [-0.39, 0.29) is 0 Å². The van der Waals surface area contributed by atoms with Crippen LogP contribution >= 0.6 is 0 Å². The fourth-order valence-corrected chi connectivity index (χ4v) is 3.31. The summed E-state index contributed by atoms with van der Waals surface area (Å²) < 4.78 is 7.29. The number of fused-ring (bicyclic) bond motifs is 1. The predicted octanol–water partition coefficient (Wildman–Crippen LogP) is 3.62. The minimum Gasteiger partial charge on any atom is -0.497 e. The van der Waals surface area contributed by atoms with E-state index >= 15 is 0 Å². The number of nitrogens with two attached hydrogens (primary N) is 1. The Morgan fingerprint density at radius 2 is 1.76 bits per heavy atom. The van der Waals surface area contributed by atoms with Crippen molar-refractivity contribution in [3.05, 3.63) is 66.0 Å². The lowest BCUT2D eigenvalue weighted by Crippen LogP contribution is -2.10. The zero-order valence-corrected chi connectivity index (χ0v) is 16.6. The molecule has 0 spiro atoms. The van der Waals surface area contributed by atoms with Gasteiger partial charge in [-0.15, -0.1) is 0 Å². The van der Waals surface area contributed by atoms with Gasteiger partial charge in [0.1, 0.15) is 11.6 Å². The van der Waals surface area contributed by atoms with Gasteiger partial charge in [0, 0.05) is 18.7 Å². The Morgan fingerprint density at radius 3 is 2.45 bits per heavy atom. The Bertz CT molecular complexity index is 1110. The van der Waals surface area contributed by atoms with Crippen LogP contribution in [0.5, 0.6) is 5.75 Å². The van der Waals surface area contributed by atoms with Gasteiger partial charge in [-0.1, -0.05) is 37.3 Å². The summed E-state index contributed by atoms with van der Waals surface area (Å²) in [7, 11) is 1.65. The van der Waals surface area contributed by atoms with Crippen LogP contribution in [-0.4, -0.2) is 33.2 Å². The van der Waals surface area contributed by atoms with Crippen LogP contribution in [0.2, 0.25) is 0 Å². The van der Waals surface area contributed by atoms with Gasteiger partial charge in [-0.2, -0.15) is 9.97 Å². The highest BCUT2D eigenvalue weighted by atomic mass is 16.5. The number of benzene rings is 2. The Kier molecular flexibility index (Phi) is 5.29. The zero-order valence-electron chi connectivity index (χ0n) is 16.6. The lowest BCUT2D eigenvalue weighted by molar-refractivity contribution is 0.414. The van der Waals surface area contributed by atoms with E-state index in [9.17, 15) is 0 Å². The first kappa shape index (κ1) is 18.7. The molecule has 7 heteroatoms. The second-order valence-electron chi connectivity index (χ2n) is 6.68. The van der Waals surface area contributed by atoms with Gasteiger partial charge in [-0.25, -0.2) is 4.98 Å². The summed E-state index contributed by atoms with van der Waals surface area (Å²) in [5.74, 6) is 2.56. The third-order valence-corrected chi connectivity index (χ3v) is 4.79. The second kappa shape index (κ2) is 8.18. The van der Waals surface area contributed by atoms with E-state index in [4.69, 9.17) is 15.5 Å². The molecule has 0 bridgehead atoms. The molecule has 0 aliphatic carbocycles. The first-order valence-electron chi connectivity index (χ1n) is 9.66. The van der Waals surface area contributed by atoms with Crippen LogP contribution in [0.25, 0.3) is 16.9 Å². The van der Waals surface area contributed by atoms with Gasteiger partial charge in [0.15, 0.2) is 17.0 Å². The number of hydrogen-bond acceptors (Lipinski definition) is 6. The summed E-state index contributed by atoms with van der Waals surface area (Å²) in [4.78, 5) is 13.8. The monoisotopic (exact) mass is 388 g/mol. The van der Waals surface area contributed by atoms with E-state index in [1.54, 1.807) is 7.11 Å². The number of aryl methyl sites for hydroxylation is 1. The third-order valence-electron chi connectivity index (χ3n) is 4.79. The number of aromatic nitrogens is 4. The van der Waals surface area contributed by atoms with E-state index in [1.807, 2.05) is 47.0 Å². The van der Waals surface area contributed by atoms with Crippen molar-refractivity contribution in [1.82, 2.24) is 19.5 Å². The van der Waals surface area contributed by atoms with Gasteiger partial charge < -0.3 is 15.8 Å². The van der Waals surface area contributed by atoms with Crippen molar-refractivity contribution in [2.45, 2.75) is 19.8 Å². The Morgan fingerprint density at radius 1 is 1.00 bits per heavy atom. The van der Waals surface area contributed by atoms with E-state index < -0.39 is 0 Å². The van der Waals surface area contributed by atoms with Crippen molar-refractivity contribution in [2.24, 2.45) is 0 Å². The van der Waals surface area contributed by atoms with Crippen molar-refractivity contribution < 1.29 is 4.74 Å². The highest BCUT2D eigenvalue weighted by Crippen LogP contribution is 2.26. The molecule has 3 N–H and O–H groups in total. The molecular weight excluding hydrogens is 364 g/mol. The minimum absolute atomic E-state index is 0.374. The molecule has 4 aromatic rings. The molecular formula is C22H24N6O. The molecule has 4 rings (SSSR count). The number of ether oxygens (including phenoxy) is 1. The largest absolute Gasteiger partial charge is 0.497 e. The smallest absolute Gasteiger partial charge is 0.226 e. The van der Waals surface area contributed by atoms with Crippen LogP contribution in [0.3, 0.4) is 0 Å². The standard InChI is InChI=1S/C22H24N6O/c1-3-18-25-19-20(23)26-22(24-14-13-15-7-5-4-6-8-15)27-21(19)28(18)16-9-11-17(29-2)12-10-16/h4-12H,3,13-14H2,1-2H3,(H3,23,24,26,27). The SMILES string of the molecule is CCc1nc2c(N)nc(NCCc3ccccc3)nc2n1-c1ccc(OC)cc1. The minimum atomic E-state index is 0.374. The molecule has 148 valence electrons. The van der Waals surface area contributed by atoms with Gasteiger partial charge in [0.2, 0.25) is 5.95 Å². The number of imidazole rings is 1. The Hall–Kier alpha value is -3.61. The topological polar surface area (TPSA) is 90.9 Å². The number of nitrogens with one attached hydrogen (secondary N) is 1.